The maximum atomic E-state index is 14.0. The molecule has 1 N–H and O–H groups in total. The highest BCUT2D eigenvalue weighted by Gasteiger charge is 2.18. The van der Waals surface area contributed by atoms with Crippen molar-refractivity contribution in [3.8, 4) is 11.4 Å². The Morgan fingerprint density at radius 2 is 2.21 bits per heavy atom. The van der Waals surface area contributed by atoms with Crippen LogP contribution in [0.2, 0.25) is 0 Å². The molecular weight excluding hydrogens is 381 g/mol. The van der Waals surface area contributed by atoms with E-state index in [4.69, 9.17) is 9.47 Å². The fraction of sp³-hybridized carbons (Fsp3) is 0.312. The molecule has 0 aliphatic rings. The summed E-state index contributed by atoms with van der Waals surface area (Å²) in [6.07, 6.45) is 1.44. The number of rotatable bonds is 7. The van der Waals surface area contributed by atoms with Crippen molar-refractivity contribution in [2.45, 2.75) is 6.92 Å². The molecule has 0 saturated heterocycles. The Morgan fingerprint density at radius 3 is 2.92 bits per heavy atom. The van der Waals surface area contributed by atoms with Gasteiger partial charge in [0.05, 0.1) is 30.7 Å². The Labute approximate surface area is 147 Å². The number of hydrogen-bond acceptors (Lipinski definition) is 6. The predicted molar refractivity (Wildman–Crippen MR) is 91.4 cm³/mol. The normalized spacial score (nSPS) is 10.5. The highest BCUT2D eigenvalue weighted by molar-refractivity contribution is 9.10. The zero-order chi connectivity index (χ0) is 17.5. The van der Waals surface area contributed by atoms with Crippen LogP contribution < -0.4 is 5.32 Å². The van der Waals surface area contributed by atoms with E-state index in [1.165, 1.54) is 12.3 Å². The first-order chi connectivity index (χ1) is 11.6. The van der Waals surface area contributed by atoms with Gasteiger partial charge in [0.25, 0.3) is 0 Å². The summed E-state index contributed by atoms with van der Waals surface area (Å²) < 4.78 is 24.7. The summed E-state index contributed by atoms with van der Waals surface area (Å²) in [5, 5.41) is 3.00. The van der Waals surface area contributed by atoms with Gasteiger partial charge in [-0.1, -0.05) is 15.9 Å². The van der Waals surface area contributed by atoms with Gasteiger partial charge in [0.15, 0.2) is 11.5 Å². The van der Waals surface area contributed by atoms with Crippen molar-refractivity contribution in [1.29, 1.82) is 0 Å². The Kier molecular flexibility index (Phi) is 6.62. The van der Waals surface area contributed by atoms with E-state index in [1.807, 2.05) is 0 Å². The van der Waals surface area contributed by atoms with Crippen molar-refractivity contribution in [1.82, 2.24) is 9.97 Å². The largest absolute Gasteiger partial charge is 0.461 e. The van der Waals surface area contributed by atoms with Gasteiger partial charge in [-0.05, 0) is 25.1 Å². The van der Waals surface area contributed by atoms with Crippen molar-refractivity contribution in [2.24, 2.45) is 0 Å². The number of aromatic nitrogens is 2. The van der Waals surface area contributed by atoms with Crippen molar-refractivity contribution in [2.75, 3.05) is 32.2 Å². The maximum absolute atomic E-state index is 14.0. The number of nitrogens with one attached hydrogen (secondary N) is 1. The van der Waals surface area contributed by atoms with E-state index in [1.54, 1.807) is 26.2 Å². The summed E-state index contributed by atoms with van der Waals surface area (Å²) in [5.41, 5.74) is 0.653. The molecule has 0 atom stereocenters. The fourth-order valence-corrected chi connectivity index (χ4v) is 2.31. The molecule has 0 fully saturated rings. The number of carbonyl (C=O) groups excluding carboxylic acids is 1. The van der Waals surface area contributed by atoms with Crippen LogP contribution in [-0.4, -0.2) is 42.8 Å². The van der Waals surface area contributed by atoms with Crippen LogP contribution in [0.1, 0.15) is 17.4 Å². The predicted octanol–water partition coefficient (Wildman–Crippen LogP) is 3.28. The molecule has 0 aliphatic heterocycles. The van der Waals surface area contributed by atoms with E-state index in [9.17, 15) is 9.18 Å². The maximum Gasteiger partial charge on any atom is 0.359 e. The molecule has 0 unspecified atom stereocenters. The fourth-order valence-electron chi connectivity index (χ4n) is 1.95. The van der Waals surface area contributed by atoms with Crippen LogP contribution in [0.25, 0.3) is 11.4 Å². The van der Waals surface area contributed by atoms with Gasteiger partial charge in [-0.25, -0.2) is 19.2 Å². The van der Waals surface area contributed by atoms with E-state index in [-0.39, 0.29) is 23.7 Å². The van der Waals surface area contributed by atoms with E-state index in [0.29, 0.717) is 23.3 Å². The molecule has 8 heteroatoms. The molecule has 0 bridgehead atoms. The van der Waals surface area contributed by atoms with Crippen LogP contribution in [0.15, 0.2) is 28.9 Å². The number of nitrogens with zero attached hydrogens (tertiary/aromatic N) is 2. The molecule has 1 heterocycles. The van der Waals surface area contributed by atoms with Crippen molar-refractivity contribution in [3.05, 3.63) is 40.4 Å². The quantitative estimate of drug-likeness (QED) is 0.570. The molecule has 1 aromatic heterocycles. The average Bonchev–Trinajstić information content (AvgIpc) is 2.58. The molecule has 24 heavy (non-hydrogen) atoms. The smallest absolute Gasteiger partial charge is 0.359 e. The summed E-state index contributed by atoms with van der Waals surface area (Å²) in [6.45, 7) is 2.83. The monoisotopic (exact) mass is 397 g/mol. The molecule has 0 radical (unpaired) electrons. The second-order valence-electron chi connectivity index (χ2n) is 4.72. The Balaban J connectivity index is 2.42. The first-order valence-electron chi connectivity index (χ1n) is 7.29. The Morgan fingerprint density at radius 1 is 1.42 bits per heavy atom. The summed E-state index contributed by atoms with van der Waals surface area (Å²) in [7, 11) is 1.57. The molecular formula is C16H17BrFN3O3. The highest BCUT2D eigenvalue weighted by atomic mass is 79.9. The molecule has 0 amide bonds. The lowest BCUT2D eigenvalue weighted by Gasteiger charge is -2.12. The standard InChI is InChI=1S/C16H17BrFN3O3/c1-3-24-16(22)14-13(19-6-7-23-2)9-20-15(21-14)11-8-10(17)4-5-12(11)18/h4-5,8-9,19H,3,6-7H2,1-2H3. The van der Waals surface area contributed by atoms with Crippen LogP contribution in [0.3, 0.4) is 0 Å². The second kappa shape index (κ2) is 8.70. The number of ether oxygens (including phenoxy) is 2. The van der Waals surface area contributed by atoms with Gasteiger partial charge in [-0.15, -0.1) is 0 Å². The first kappa shape index (κ1) is 18.3. The number of anilines is 1. The van der Waals surface area contributed by atoms with Crippen LogP contribution in [0, 0.1) is 5.82 Å². The number of benzene rings is 1. The minimum absolute atomic E-state index is 0.0531. The van der Waals surface area contributed by atoms with Gasteiger partial charge >= 0.3 is 5.97 Å². The highest BCUT2D eigenvalue weighted by Crippen LogP contribution is 2.25. The lowest BCUT2D eigenvalue weighted by molar-refractivity contribution is 0.0520. The lowest BCUT2D eigenvalue weighted by atomic mass is 10.2. The molecule has 0 spiro atoms. The number of halogens is 2. The molecule has 0 aliphatic carbocycles. The van der Waals surface area contributed by atoms with Gasteiger partial charge in [-0.2, -0.15) is 0 Å². The topological polar surface area (TPSA) is 73.3 Å². The number of esters is 1. The molecule has 6 nitrogen and oxygen atoms in total. The third kappa shape index (κ3) is 4.48. The molecule has 2 aromatic rings. The van der Waals surface area contributed by atoms with Crippen LogP contribution in [0.4, 0.5) is 10.1 Å². The Hall–Kier alpha value is -2.06. The molecule has 128 valence electrons. The lowest BCUT2D eigenvalue weighted by Crippen LogP contribution is -2.16. The van der Waals surface area contributed by atoms with Crippen molar-refractivity contribution in [3.63, 3.8) is 0 Å². The van der Waals surface area contributed by atoms with Crippen LogP contribution >= 0.6 is 15.9 Å². The number of carbonyl (C=O) groups is 1. The van der Waals surface area contributed by atoms with E-state index < -0.39 is 11.8 Å². The van der Waals surface area contributed by atoms with Crippen LogP contribution in [-0.2, 0) is 9.47 Å². The first-order valence-corrected chi connectivity index (χ1v) is 8.08. The van der Waals surface area contributed by atoms with E-state index in [2.05, 4.69) is 31.2 Å². The van der Waals surface area contributed by atoms with Crippen LogP contribution in [0.5, 0.6) is 0 Å². The SMILES string of the molecule is CCOC(=O)c1nc(-c2cc(Br)ccc2F)ncc1NCCOC. The zero-order valence-electron chi connectivity index (χ0n) is 13.3. The van der Waals surface area contributed by atoms with Gasteiger partial charge < -0.3 is 14.8 Å². The van der Waals surface area contributed by atoms with Crippen molar-refractivity contribution < 1.29 is 18.7 Å². The van der Waals surface area contributed by atoms with E-state index >= 15 is 0 Å². The van der Waals surface area contributed by atoms with Gasteiger partial charge in [0.2, 0.25) is 0 Å². The third-order valence-corrected chi connectivity index (χ3v) is 3.54. The average molecular weight is 398 g/mol. The van der Waals surface area contributed by atoms with E-state index in [0.717, 1.165) is 0 Å². The third-order valence-electron chi connectivity index (χ3n) is 3.05. The van der Waals surface area contributed by atoms with Gasteiger partial charge in [0.1, 0.15) is 5.82 Å². The van der Waals surface area contributed by atoms with Gasteiger partial charge in [-0.3, -0.25) is 0 Å². The second-order valence-corrected chi connectivity index (χ2v) is 5.64. The molecule has 2 rings (SSSR count). The zero-order valence-corrected chi connectivity index (χ0v) is 14.9. The number of methoxy groups -OCH3 is 1. The minimum atomic E-state index is -0.600. The number of hydrogen-bond donors (Lipinski definition) is 1. The van der Waals surface area contributed by atoms with Crippen molar-refractivity contribution >= 4 is 27.6 Å². The summed E-state index contributed by atoms with van der Waals surface area (Å²) in [5.74, 6) is -0.973. The summed E-state index contributed by atoms with van der Waals surface area (Å²) in [6, 6.07) is 4.43. The molecule has 0 saturated carbocycles. The summed E-state index contributed by atoms with van der Waals surface area (Å²) in [4.78, 5) is 20.5. The molecule has 1 aromatic carbocycles. The Bertz CT molecular complexity index is 728. The minimum Gasteiger partial charge on any atom is -0.461 e. The summed E-state index contributed by atoms with van der Waals surface area (Å²) >= 11 is 3.28. The van der Waals surface area contributed by atoms with Gasteiger partial charge in [0, 0.05) is 18.1 Å².